The Hall–Kier alpha value is -2.12. The predicted octanol–water partition coefficient (Wildman–Crippen LogP) is 4.44. The Morgan fingerprint density at radius 3 is 2.48 bits per heavy atom. The van der Waals surface area contributed by atoms with Gasteiger partial charge in [-0.05, 0) is 50.9 Å². The van der Waals surface area contributed by atoms with Crippen LogP contribution in [-0.2, 0) is 11.3 Å². The lowest BCUT2D eigenvalue weighted by Gasteiger charge is -2.33. The Kier molecular flexibility index (Phi) is 7.45. The number of hydrogen-bond acceptors (Lipinski definition) is 6. The van der Waals surface area contributed by atoms with Gasteiger partial charge in [0, 0.05) is 37.0 Å². The number of likely N-dealkylation sites (tertiary alicyclic amines) is 2. The van der Waals surface area contributed by atoms with E-state index in [-0.39, 0.29) is 5.92 Å². The molecule has 0 saturated carbocycles. The summed E-state index contributed by atoms with van der Waals surface area (Å²) >= 11 is 1.64. The van der Waals surface area contributed by atoms with Crippen molar-refractivity contribution in [3.8, 4) is 22.1 Å². The molecule has 2 aliphatic heterocycles. The second-order valence-corrected chi connectivity index (χ2v) is 9.36. The van der Waals surface area contributed by atoms with Crippen LogP contribution in [0.25, 0.3) is 10.6 Å². The molecule has 0 radical (unpaired) electrons. The lowest BCUT2D eigenvalue weighted by molar-refractivity contribution is -0.137. The first-order chi connectivity index (χ1) is 15.2. The maximum Gasteiger partial charge on any atom is 0.225 e. The number of ether oxygens (including phenoxy) is 2. The largest absolute Gasteiger partial charge is 0.497 e. The molecule has 7 heteroatoms. The van der Waals surface area contributed by atoms with Crippen LogP contribution in [0.5, 0.6) is 11.5 Å². The fourth-order valence-electron chi connectivity index (χ4n) is 4.59. The Labute approximate surface area is 189 Å². The Balaban J connectivity index is 1.32. The van der Waals surface area contributed by atoms with Gasteiger partial charge in [0.05, 0.1) is 25.5 Å². The summed E-state index contributed by atoms with van der Waals surface area (Å²) in [6, 6.07) is 5.83. The lowest BCUT2D eigenvalue weighted by atomic mass is 9.95. The molecule has 31 heavy (non-hydrogen) atoms. The molecule has 4 rings (SSSR count). The number of thiazole rings is 1. The number of hydrogen-bond donors (Lipinski definition) is 0. The number of methoxy groups -OCH3 is 2. The van der Waals surface area contributed by atoms with Crippen molar-refractivity contribution >= 4 is 17.2 Å². The van der Waals surface area contributed by atoms with Crippen LogP contribution in [0.15, 0.2) is 23.6 Å². The van der Waals surface area contributed by atoms with Crippen molar-refractivity contribution in [3.05, 3.63) is 29.3 Å². The van der Waals surface area contributed by atoms with Gasteiger partial charge in [-0.1, -0.05) is 12.8 Å². The van der Waals surface area contributed by atoms with Gasteiger partial charge in [-0.25, -0.2) is 4.98 Å². The summed E-state index contributed by atoms with van der Waals surface area (Å²) in [5.74, 6) is 2.14. The highest BCUT2D eigenvalue weighted by molar-refractivity contribution is 7.13. The highest BCUT2D eigenvalue weighted by atomic mass is 32.1. The van der Waals surface area contributed by atoms with E-state index < -0.39 is 0 Å². The average molecular weight is 444 g/mol. The van der Waals surface area contributed by atoms with Crippen molar-refractivity contribution in [2.24, 2.45) is 5.92 Å². The van der Waals surface area contributed by atoms with Gasteiger partial charge in [-0.2, -0.15) is 0 Å². The van der Waals surface area contributed by atoms with Gasteiger partial charge in [0.1, 0.15) is 16.5 Å². The molecular weight excluding hydrogens is 410 g/mol. The van der Waals surface area contributed by atoms with E-state index in [1.807, 2.05) is 18.2 Å². The first-order valence-electron chi connectivity index (χ1n) is 11.4. The molecule has 2 saturated heterocycles. The third-order valence-corrected chi connectivity index (χ3v) is 7.36. The number of amides is 1. The number of nitrogens with zero attached hydrogens (tertiary/aromatic N) is 3. The molecule has 1 amide bonds. The summed E-state index contributed by atoms with van der Waals surface area (Å²) in [6.45, 7) is 4.66. The zero-order chi connectivity index (χ0) is 21.6. The monoisotopic (exact) mass is 443 g/mol. The summed E-state index contributed by atoms with van der Waals surface area (Å²) in [4.78, 5) is 22.3. The van der Waals surface area contributed by atoms with Gasteiger partial charge in [0.2, 0.25) is 5.91 Å². The van der Waals surface area contributed by atoms with Gasteiger partial charge in [0.15, 0.2) is 0 Å². The van der Waals surface area contributed by atoms with E-state index in [9.17, 15) is 4.79 Å². The van der Waals surface area contributed by atoms with Gasteiger partial charge in [-0.15, -0.1) is 11.3 Å². The molecule has 0 aliphatic carbocycles. The minimum atomic E-state index is 0.198. The minimum absolute atomic E-state index is 0.198. The number of benzene rings is 1. The van der Waals surface area contributed by atoms with Crippen LogP contribution in [0.3, 0.4) is 0 Å². The van der Waals surface area contributed by atoms with E-state index in [0.717, 1.165) is 86.2 Å². The Morgan fingerprint density at radius 2 is 1.81 bits per heavy atom. The van der Waals surface area contributed by atoms with Crippen LogP contribution < -0.4 is 9.47 Å². The van der Waals surface area contributed by atoms with Crippen molar-refractivity contribution in [3.63, 3.8) is 0 Å². The fraction of sp³-hybridized carbons (Fsp3) is 0.583. The first-order valence-corrected chi connectivity index (χ1v) is 12.2. The minimum Gasteiger partial charge on any atom is -0.497 e. The number of carbonyl (C=O) groups is 1. The number of piperidine rings is 1. The van der Waals surface area contributed by atoms with Crippen molar-refractivity contribution in [1.29, 1.82) is 0 Å². The van der Waals surface area contributed by atoms with E-state index in [0.29, 0.717) is 5.91 Å². The SMILES string of the molecule is COc1ccc(-c2nc(CN3CCC(C(=O)N4CCCCCC4)CC3)cs2)c(OC)c1. The van der Waals surface area contributed by atoms with Crippen LogP contribution in [0.2, 0.25) is 0 Å². The van der Waals surface area contributed by atoms with E-state index >= 15 is 0 Å². The van der Waals surface area contributed by atoms with Crippen molar-refractivity contribution < 1.29 is 14.3 Å². The molecule has 0 bridgehead atoms. The molecule has 168 valence electrons. The van der Waals surface area contributed by atoms with Crippen LogP contribution >= 0.6 is 11.3 Å². The molecule has 0 spiro atoms. The van der Waals surface area contributed by atoms with Gasteiger partial charge < -0.3 is 14.4 Å². The molecule has 2 fully saturated rings. The summed E-state index contributed by atoms with van der Waals surface area (Å²) in [5, 5.41) is 3.09. The fourth-order valence-corrected chi connectivity index (χ4v) is 5.44. The number of aromatic nitrogens is 1. The highest BCUT2D eigenvalue weighted by Crippen LogP contribution is 2.35. The second kappa shape index (κ2) is 10.5. The number of rotatable bonds is 6. The van der Waals surface area contributed by atoms with Crippen molar-refractivity contribution in [2.75, 3.05) is 40.4 Å². The van der Waals surface area contributed by atoms with E-state index in [4.69, 9.17) is 14.5 Å². The van der Waals surface area contributed by atoms with Crippen LogP contribution in [-0.4, -0.2) is 61.1 Å². The van der Waals surface area contributed by atoms with E-state index in [1.54, 1.807) is 25.6 Å². The first kappa shape index (κ1) is 22.1. The molecule has 2 aliphatic rings. The summed E-state index contributed by atoms with van der Waals surface area (Å²) < 4.78 is 10.8. The van der Waals surface area contributed by atoms with Gasteiger partial charge in [-0.3, -0.25) is 9.69 Å². The van der Waals surface area contributed by atoms with Crippen LogP contribution in [0.4, 0.5) is 0 Å². The third-order valence-electron chi connectivity index (χ3n) is 6.43. The summed E-state index contributed by atoms with van der Waals surface area (Å²) in [7, 11) is 3.32. The zero-order valence-electron chi connectivity index (χ0n) is 18.6. The highest BCUT2D eigenvalue weighted by Gasteiger charge is 2.29. The normalized spacial score (nSPS) is 18.6. The smallest absolute Gasteiger partial charge is 0.225 e. The molecule has 1 aromatic heterocycles. The zero-order valence-corrected chi connectivity index (χ0v) is 19.5. The quantitative estimate of drug-likeness (QED) is 0.661. The third kappa shape index (κ3) is 5.39. The predicted molar refractivity (Wildman–Crippen MR) is 124 cm³/mol. The second-order valence-electron chi connectivity index (χ2n) is 8.50. The molecule has 6 nitrogen and oxygen atoms in total. The number of carbonyl (C=O) groups excluding carboxylic acids is 1. The molecule has 3 heterocycles. The van der Waals surface area contributed by atoms with Gasteiger partial charge >= 0.3 is 0 Å². The van der Waals surface area contributed by atoms with E-state index in [2.05, 4.69) is 15.2 Å². The maximum atomic E-state index is 12.9. The maximum absolute atomic E-state index is 12.9. The lowest BCUT2D eigenvalue weighted by Crippen LogP contribution is -2.42. The van der Waals surface area contributed by atoms with Crippen LogP contribution in [0.1, 0.15) is 44.2 Å². The van der Waals surface area contributed by atoms with Crippen molar-refractivity contribution in [2.45, 2.75) is 45.1 Å². The van der Waals surface area contributed by atoms with Crippen LogP contribution in [0, 0.1) is 5.92 Å². The molecule has 0 N–H and O–H groups in total. The average Bonchev–Trinajstić information content (AvgIpc) is 3.10. The summed E-state index contributed by atoms with van der Waals surface area (Å²) in [5.41, 5.74) is 2.07. The van der Waals surface area contributed by atoms with Crippen molar-refractivity contribution in [1.82, 2.24) is 14.8 Å². The van der Waals surface area contributed by atoms with Gasteiger partial charge in [0.25, 0.3) is 0 Å². The standard InChI is InChI=1S/C24H33N3O3S/c1-29-20-7-8-21(22(15-20)30-2)23-25-19(17-31-23)16-26-13-9-18(10-14-26)24(28)27-11-5-3-4-6-12-27/h7-8,15,17-18H,3-6,9-14,16H2,1-2H3. The molecule has 1 aromatic carbocycles. The molecular formula is C24H33N3O3S. The molecule has 0 atom stereocenters. The Bertz CT molecular complexity index is 869. The topological polar surface area (TPSA) is 54.9 Å². The summed E-state index contributed by atoms with van der Waals surface area (Å²) in [6.07, 6.45) is 6.77. The molecule has 2 aromatic rings. The van der Waals surface area contributed by atoms with E-state index in [1.165, 1.54) is 12.8 Å². The Morgan fingerprint density at radius 1 is 1.06 bits per heavy atom. The molecule has 0 unspecified atom stereocenters.